The minimum atomic E-state index is 0.216. The lowest BCUT2D eigenvalue weighted by Crippen LogP contribution is -2.24. The average molecular weight is 254 g/mol. The van der Waals surface area contributed by atoms with Crippen molar-refractivity contribution in [3.05, 3.63) is 65.0 Å². The zero-order valence-electron chi connectivity index (χ0n) is 11.8. The van der Waals surface area contributed by atoms with Gasteiger partial charge in [-0.15, -0.1) is 0 Å². The molecule has 0 amide bonds. The maximum atomic E-state index is 6.28. The van der Waals surface area contributed by atoms with Crippen LogP contribution in [0.5, 0.6) is 0 Å². The average Bonchev–Trinajstić information content (AvgIpc) is 2.42. The van der Waals surface area contributed by atoms with E-state index < -0.39 is 0 Å². The van der Waals surface area contributed by atoms with Crippen molar-refractivity contribution in [1.29, 1.82) is 0 Å². The summed E-state index contributed by atoms with van der Waals surface area (Å²) >= 11 is 0. The minimum absolute atomic E-state index is 0.216. The van der Waals surface area contributed by atoms with Gasteiger partial charge in [0.2, 0.25) is 0 Å². The molecule has 1 aromatic heterocycles. The summed E-state index contributed by atoms with van der Waals surface area (Å²) < 4.78 is 0. The molecule has 0 bridgehead atoms. The monoisotopic (exact) mass is 254 g/mol. The number of benzene rings is 1. The second-order valence-corrected chi connectivity index (χ2v) is 5.23. The fourth-order valence-corrected chi connectivity index (χ4v) is 2.44. The molecule has 2 nitrogen and oxygen atoms in total. The molecule has 0 saturated heterocycles. The van der Waals surface area contributed by atoms with Crippen LogP contribution in [0.4, 0.5) is 0 Å². The van der Waals surface area contributed by atoms with Gasteiger partial charge >= 0.3 is 0 Å². The van der Waals surface area contributed by atoms with Crippen molar-refractivity contribution in [2.75, 3.05) is 0 Å². The quantitative estimate of drug-likeness (QED) is 0.890. The summed E-state index contributed by atoms with van der Waals surface area (Å²) in [6, 6.07) is 10.8. The second kappa shape index (κ2) is 6.48. The van der Waals surface area contributed by atoms with Gasteiger partial charge in [0.15, 0.2) is 0 Å². The van der Waals surface area contributed by atoms with Gasteiger partial charge in [0.25, 0.3) is 0 Å². The lowest BCUT2D eigenvalue weighted by atomic mass is 9.94. The van der Waals surface area contributed by atoms with Gasteiger partial charge in [-0.1, -0.05) is 18.2 Å². The van der Waals surface area contributed by atoms with Crippen molar-refractivity contribution in [1.82, 2.24) is 4.98 Å². The van der Waals surface area contributed by atoms with Gasteiger partial charge in [-0.3, -0.25) is 4.98 Å². The van der Waals surface area contributed by atoms with Gasteiger partial charge in [-0.2, -0.15) is 0 Å². The Morgan fingerprint density at radius 2 is 1.68 bits per heavy atom. The van der Waals surface area contributed by atoms with Crippen LogP contribution < -0.4 is 5.73 Å². The summed E-state index contributed by atoms with van der Waals surface area (Å²) in [7, 11) is 0. The molecule has 1 aromatic carbocycles. The Hall–Kier alpha value is -1.67. The molecule has 2 rings (SSSR count). The zero-order valence-corrected chi connectivity index (χ0v) is 11.8. The first-order valence-electron chi connectivity index (χ1n) is 6.86. The summed E-state index contributed by atoms with van der Waals surface area (Å²) in [4.78, 5) is 4.03. The van der Waals surface area contributed by atoms with Crippen molar-refractivity contribution in [3.8, 4) is 0 Å². The Kier molecular flexibility index (Phi) is 4.69. The molecule has 0 aliphatic rings. The topological polar surface area (TPSA) is 38.9 Å². The third kappa shape index (κ3) is 3.90. The van der Waals surface area contributed by atoms with Crippen molar-refractivity contribution in [2.45, 2.75) is 39.2 Å². The molecule has 0 radical (unpaired) electrons. The van der Waals surface area contributed by atoms with Gasteiger partial charge in [0.05, 0.1) is 0 Å². The third-order valence-electron chi connectivity index (χ3n) is 3.66. The minimum Gasteiger partial charge on any atom is -0.327 e. The van der Waals surface area contributed by atoms with E-state index in [9.17, 15) is 0 Å². The van der Waals surface area contributed by atoms with Crippen LogP contribution in [-0.4, -0.2) is 11.0 Å². The summed E-state index contributed by atoms with van der Waals surface area (Å²) in [5, 5.41) is 0. The Morgan fingerprint density at radius 1 is 1.05 bits per heavy atom. The van der Waals surface area contributed by atoms with Crippen LogP contribution >= 0.6 is 0 Å². The van der Waals surface area contributed by atoms with Crippen LogP contribution in [-0.2, 0) is 12.8 Å². The fraction of sp³-hybridized carbons (Fsp3) is 0.353. The number of pyridine rings is 1. The largest absolute Gasteiger partial charge is 0.327 e. The van der Waals surface area contributed by atoms with Crippen LogP contribution in [0, 0.1) is 13.8 Å². The van der Waals surface area contributed by atoms with E-state index in [0.717, 1.165) is 19.3 Å². The predicted octanol–water partition coefficient (Wildman–Crippen LogP) is 3.20. The molecular weight excluding hydrogens is 232 g/mol. The molecule has 100 valence electrons. The number of rotatable bonds is 5. The van der Waals surface area contributed by atoms with Crippen molar-refractivity contribution in [3.63, 3.8) is 0 Å². The van der Waals surface area contributed by atoms with E-state index in [1.54, 1.807) is 0 Å². The Labute approximate surface area is 115 Å². The van der Waals surface area contributed by atoms with Crippen LogP contribution in [0.25, 0.3) is 0 Å². The SMILES string of the molecule is Cc1cccc(C)c1CC(N)CCc1ccncc1. The van der Waals surface area contributed by atoms with Gasteiger partial charge in [-0.05, 0) is 67.5 Å². The summed E-state index contributed by atoms with van der Waals surface area (Å²) in [5.74, 6) is 0. The second-order valence-electron chi connectivity index (χ2n) is 5.23. The van der Waals surface area contributed by atoms with Crippen molar-refractivity contribution >= 4 is 0 Å². The van der Waals surface area contributed by atoms with E-state index in [1.807, 2.05) is 12.4 Å². The molecule has 0 fully saturated rings. The summed E-state index contributed by atoms with van der Waals surface area (Å²) in [6.45, 7) is 4.33. The molecule has 2 aromatic rings. The van der Waals surface area contributed by atoms with E-state index in [4.69, 9.17) is 5.73 Å². The van der Waals surface area contributed by atoms with Crippen molar-refractivity contribution < 1.29 is 0 Å². The molecule has 0 aliphatic heterocycles. The lowest BCUT2D eigenvalue weighted by molar-refractivity contribution is 0.607. The molecular formula is C17H22N2. The van der Waals surface area contributed by atoms with Crippen LogP contribution in [0.3, 0.4) is 0 Å². The molecule has 1 heterocycles. The smallest absolute Gasteiger partial charge is 0.0270 e. The summed E-state index contributed by atoms with van der Waals surface area (Å²) in [5.41, 5.74) is 11.7. The van der Waals surface area contributed by atoms with E-state index in [2.05, 4.69) is 49.2 Å². The van der Waals surface area contributed by atoms with E-state index in [0.29, 0.717) is 0 Å². The fourth-order valence-electron chi connectivity index (χ4n) is 2.44. The van der Waals surface area contributed by atoms with Crippen LogP contribution in [0.15, 0.2) is 42.7 Å². The molecule has 2 heteroatoms. The van der Waals surface area contributed by atoms with E-state index in [1.165, 1.54) is 22.3 Å². The maximum Gasteiger partial charge on any atom is 0.0270 e. The number of nitrogens with zero attached hydrogens (tertiary/aromatic N) is 1. The molecule has 2 N–H and O–H groups in total. The highest BCUT2D eigenvalue weighted by Crippen LogP contribution is 2.16. The van der Waals surface area contributed by atoms with Crippen LogP contribution in [0.1, 0.15) is 28.7 Å². The number of aryl methyl sites for hydroxylation is 3. The molecule has 1 atom stereocenters. The number of nitrogens with two attached hydrogens (primary N) is 1. The first-order chi connectivity index (χ1) is 9.16. The highest BCUT2D eigenvalue weighted by atomic mass is 14.6. The Bertz CT molecular complexity index is 500. The first-order valence-corrected chi connectivity index (χ1v) is 6.86. The number of hydrogen-bond donors (Lipinski definition) is 1. The predicted molar refractivity (Wildman–Crippen MR) is 80.2 cm³/mol. The van der Waals surface area contributed by atoms with Gasteiger partial charge in [0, 0.05) is 18.4 Å². The third-order valence-corrected chi connectivity index (χ3v) is 3.66. The Balaban J connectivity index is 1.93. The zero-order chi connectivity index (χ0) is 13.7. The first kappa shape index (κ1) is 13.8. The van der Waals surface area contributed by atoms with Crippen molar-refractivity contribution in [2.24, 2.45) is 5.73 Å². The highest BCUT2D eigenvalue weighted by Gasteiger charge is 2.08. The standard InChI is InChI=1S/C17H22N2/c1-13-4-3-5-14(2)17(13)12-16(18)7-6-15-8-10-19-11-9-15/h3-5,8-11,16H,6-7,12,18H2,1-2H3. The van der Waals surface area contributed by atoms with E-state index in [-0.39, 0.29) is 6.04 Å². The Morgan fingerprint density at radius 3 is 2.32 bits per heavy atom. The highest BCUT2D eigenvalue weighted by molar-refractivity contribution is 5.34. The molecule has 0 aliphatic carbocycles. The molecule has 19 heavy (non-hydrogen) atoms. The maximum absolute atomic E-state index is 6.28. The van der Waals surface area contributed by atoms with Gasteiger partial charge in [-0.25, -0.2) is 0 Å². The number of hydrogen-bond acceptors (Lipinski definition) is 2. The lowest BCUT2D eigenvalue weighted by Gasteiger charge is -2.15. The number of aromatic nitrogens is 1. The van der Waals surface area contributed by atoms with Gasteiger partial charge < -0.3 is 5.73 Å². The van der Waals surface area contributed by atoms with Gasteiger partial charge in [0.1, 0.15) is 0 Å². The van der Waals surface area contributed by atoms with Crippen LogP contribution in [0.2, 0.25) is 0 Å². The molecule has 0 saturated carbocycles. The normalized spacial score (nSPS) is 12.4. The molecule has 0 spiro atoms. The summed E-state index contributed by atoms with van der Waals surface area (Å²) in [6.07, 6.45) is 6.68. The molecule has 1 unspecified atom stereocenters. The van der Waals surface area contributed by atoms with E-state index >= 15 is 0 Å².